The average molecular weight is 377 g/mol. The third-order valence-electron chi connectivity index (χ3n) is 4.67. The molecule has 2 aromatic carbocycles. The van der Waals surface area contributed by atoms with Gasteiger partial charge in [-0.2, -0.15) is 0 Å². The van der Waals surface area contributed by atoms with Gasteiger partial charge in [0, 0.05) is 28.9 Å². The Morgan fingerprint density at radius 1 is 0.963 bits per heavy atom. The fourth-order valence-electron chi connectivity index (χ4n) is 3.01. The summed E-state index contributed by atoms with van der Waals surface area (Å²) in [5.41, 5.74) is 2.18. The SMILES string of the molecule is c1ccc(SC2(CNCc3cccc(OCc4ccccn4)c3)CC2)cc1. The molecule has 1 saturated carbocycles. The molecule has 3 nitrogen and oxygen atoms in total. The van der Waals surface area contributed by atoms with E-state index in [-0.39, 0.29) is 0 Å². The van der Waals surface area contributed by atoms with Crippen LogP contribution in [0.4, 0.5) is 0 Å². The van der Waals surface area contributed by atoms with Gasteiger partial charge in [-0.05, 0) is 54.8 Å². The van der Waals surface area contributed by atoms with Crippen molar-refractivity contribution in [3.8, 4) is 5.75 Å². The van der Waals surface area contributed by atoms with E-state index in [2.05, 4.69) is 58.8 Å². The van der Waals surface area contributed by atoms with Crippen LogP contribution in [0.2, 0.25) is 0 Å². The van der Waals surface area contributed by atoms with Gasteiger partial charge in [0.2, 0.25) is 0 Å². The van der Waals surface area contributed by atoms with Crippen molar-refractivity contribution in [3.05, 3.63) is 90.3 Å². The Balaban J connectivity index is 1.26. The summed E-state index contributed by atoms with van der Waals surface area (Å²) in [6.45, 7) is 2.39. The number of rotatable bonds is 9. The molecule has 1 N–H and O–H groups in total. The standard InChI is InChI=1S/C23H24N2OS/c1-2-10-22(11-3-1)27-23(12-13-23)18-24-16-19-7-6-9-21(15-19)26-17-20-8-4-5-14-25-20/h1-11,14-15,24H,12-13,16-18H2. The molecule has 0 atom stereocenters. The van der Waals surface area contributed by atoms with Gasteiger partial charge in [-0.15, -0.1) is 11.8 Å². The molecule has 1 fully saturated rings. The molecular weight excluding hydrogens is 352 g/mol. The molecular formula is C23H24N2OS. The number of nitrogens with one attached hydrogen (secondary N) is 1. The van der Waals surface area contributed by atoms with Crippen LogP contribution in [0.1, 0.15) is 24.1 Å². The molecule has 0 aliphatic heterocycles. The third kappa shape index (κ3) is 5.34. The van der Waals surface area contributed by atoms with Gasteiger partial charge in [-0.3, -0.25) is 4.98 Å². The maximum Gasteiger partial charge on any atom is 0.130 e. The van der Waals surface area contributed by atoms with E-state index in [1.807, 2.05) is 36.0 Å². The van der Waals surface area contributed by atoms with Gasteiger partial charge in [0.15, 0.2) is 0 Å². The molecule has 1 aromatic heterocycles. The highest BCUT2D eigenvalue weighted by Crippen LogP contribution is 2.51. The van der Waals surface area contributed by atoms with E-state index >= 15 is 0 Å². The molecule has 0 amide bonds. The number of benzene rings is 2. The van der Waals surface area contributed by atoms with Crippen LogP contribution in [-0.2, 0) is 13.2 Å². The number of ether oxygens (including phenoxy) is 1. The zero-order valence-corrected chi connectivity index (χ0v) is 16.1. The van der Waals surface area contributed by atoms with Crippen molar-refractivity contribution < 1.29 is 4.74 Å². The lowest BCUT2D eigenvalue weighted by Crippen LogP contribution is -2.25. The predicted molar refractivity (Wildman–Crippen MR) is 111 cm³/mol. The van der Waals surface area contributed by atoms with Gasteiger partial charge in [0.1, 0.15) is 12.4 Å². The van der Waals surface area contributed by atoms with E-state index in [0.29, 0.717) is 11.4 Å². The van der Waals surface area contributed by atoms with Crippen LogP contribution < -0.4 is 10.1 Å². The summed E-state index contributed by atoms with van der Waals surface area (Å²) < 4.78 is 6.25. The predicted octanol–water partition coefficient (Wildman–Crippen LogP) is 5.08. The number of hydrogen-bond acceptors (Lipinski definition) is 4. The van der Waals surface area contributed by atoms with Crippen molar-refractivity contribution in [1.82, 2.24) is 10.3 Å². The van der Waals surface area contributed by atoms with Crippen LogP contribution in [0.5, 0.6) is 5.75 Å². The molecule has 0 unspecified atom stereocenters. The third-order valence-corrected chi connectivity index (χ3v) is 6.17. The van der Waals surface area contributed by atoms with Crippen LogP contribution in [0, 0.1) is 0 Å². The minimum Gasteiger partial charge on any atom is -0.487 e. The largest absolute Gasteiger partial charge is 0.487 e. The highest BCUT2D eigenvalue weighted by molar-refractivity contribution is 8.01. The smallest absolute Gasteiger partial charge is 0.130 e. The Hall–Kier alpha value is -2.30. The quantitative estimate of drug-likeness (QED) is 0.565. The maximum atomic E-state index is 5.88. The van der Waals surface area contributed by atoms with E-state index < -0.39 is 0 Å². The van der Waals surface area contributed by atoms with Crippen molar-refractivity contribution >= 4 is 11.8 Å². The van der Waals surface area contributed by atoms with E-state index in [9.17, 15) is 0 Å². The van der Waals surface area contributed by atoms with Crippen LogP contribution >= 0.6 is 11.8 Å². The minimum atomic E-state index is 0.369. The van der Waals surface area contributed by atoms with Gasteiger partial charge in [-0.25, -0.2) is 0 Å². The Bertz CT molecular complexity index is 851. The first-order chi connectivity index (χ1) is 13.3. The number of pyridine rings is 1. The summed E-state index contributed by atoms with van der Waals surface area (Å²) in [5, 5.41) is 3.64. The van der Waals surface area contributed by atoms with Crippen LogP contribution in [0.15, 0.2) is 83.9 Å². The monoisotopic (exact) mass is 376 g/mol. The molecule has 27 heavy (non-hydrogen) atoms. The van der Waals surface area contributed by atoms with E-state index in [1.165, 1.54) is 23.3 Å². The second-order valence-corrected chi connectivity index (χ2v) is 8.50. The number of aromatic nitrogens is 1. The van der Waals surface area contributed by atoms with Crippen molar-refractivity contribution in [3.63, 3.8) is 0 Å². The molecule has 1 aliphatic carbocycles. The average Bonchev–Trinajstić information content (AvgIpc) is 3.48. The van der Waals surface area contributed by atoms with Gasteiger partial charge in [0.25, 0.3) is 0 Å². The molecule has 0 spiro atoms. The zero-order valence-electron chi connectivity index (χ0n) is 15.3. The normalized spacial score (nSPS) is 14.7. The highest BCUT2D eigenvalue weighted by Gasteiger charge is 2.43. The van der Waals surface area contributed by atoms with Crippen molar-refractivity contribution in [2.75, 3.05) is 6.54 Å². The molecule has 1 heterocycles. The first-order valence-electron chi connectivity index (χ1n) is 9.38. The van der Waals surface area contributed by atoms with E-state index in [0.717, 1.165) is 24.5 Å². The first-order valence-corrected chi connectivity index (χ1v) is 10.2. The zero-order chi connectivity index (χ0) is 18.4. The molecule has 1 aliphatic rings. The summed E-state index contributed by atoms with van der Waals surface area (Å²) >= 11 is 2.01. The molecule has 4 rings (SSSR count). The molecule has 3 aromatic rings. The summed E-state index contributed by atoms with van der Waals surface area (Å²) in [4.78, 5) is 5.66. The molecule has 0 saturated heterocycles. The molecule has 4 heteroatoms. The lowest BCUT2D eigenvalue weighted by Gasteiger charge is -2.16. The lowest BCUT2D eigenvalue weighted by atomic mass is 10.2. The number of thioether (sulfide) groups is 1. The van der Waals surface area contributed by atoms with Crippen molar-refractivity contribution in [2.24, 2.45) is 0 Å². The summed E-state index contributed by atoms with van der Waals surface area (Å²) in [6, 6.07) is 24.9. The summed E-state index contributed by atoms with van der Waals surface area (Å²) in [7, 11) is 0. The Morgan fingerprint density at radius 2 is 1.81 bits per heavy atom. The lowest BCUT2D eigenvalue weighted by molar-refractivity contribution is 0.301. The molecule has 0 radical (unpaired) electrons. The minimum absolute atomic E-state index is 0.369. The fourth-order valence-corrected chi connectivity index (χ4v) is 4.29. The van der Waals surface area contributed by atoms with Gasteiger partial charge < -0.3 is 10.1 Å². The Kier molecular flexibility index (Phi) is 5.75. The van der Waals surface area contributed by atoms with E-state index in [1.54, 1.807) is 6.20 Å². The molecule has 138 valence electrons. The Morgan fingerprint density at radius 3 is 2.59 bits per heavy atom. The molecule has 0 bridgehead atoms. The first kappa shape index (κ1) is 18.1. The Labute approximate surface area is 165 Å². The highest BCUT2D eigenvalue weighted by atomic mass is 32.2. The summed E-state index contributed by atoms with van der Waals surface area (Å²) in [6.07, 6.45) is 4.36. The van der Waals surface area contributed by atoms with Gasteiger partial charge >= 0.3 is 0 Å². The second kappa shape index (κ2) is 8.59. The van der Waals surface area contributed by atoms with Gasteiger partial charge in [0.05, 0.1) is 5.69 Å². The summed E-state index contributed by atoms with van der Waals surface area (Å²) in [5.74, 6) is 0.889. The van der Waals surface area contributed by atoms with Crippen LogP contribution in [0.25, 0.3) is 0 Å². The number of nitrogens with zero attached hydrogens (tertiary/aromatic N) is 1. The second-order valence-electron chi connectivity index (χ2n) is 6.96. The van der Waals surface area contributed by atoms with Crippen LogP contribution in [0.3, 0.4) is 0 Å². The fraction of sp³-hybridized carbons (Fsp3) is 0.261. The van der Waals surface area contributed by atoms with Crippen molar-refractivity contribution in [1.29, 1.82) is 0 Å². The van der Waals surface area contributed by atoms with Crippen molar-refractivity contribution in [2.45, 2.75) is 35.6 Å². The number of hydrogen-bond donors (Lipinski definition) is 1. The topological polar surface area (TPSA) is 34.1 Å². The van der Waals surface area contributed by atoms with Gasteiger partial charge in [-0.1, -0.05) is 36.4 Å². The van der Waals surface area contributed by atoms with E-state index in [4.69, 9.17) is 4.74 Å². The maximum absolute atomic E-state index is 5.88. The van der Waals surface area contributed by atoms with Crippen LogP contribution in [-0.4, -0.2) is 16.3 Å².